The Morgan fingerprint density at radius 2 is 1.53 bits per heavy atom. The van der Waals surface area contributed by atoms with Crippen molar-refractivity contribution in [2.75, 3.05) is 51.9 Å². The molecule has 1 saturated heterocycles. The van der Waals surface area contributed by atoms with E-state index in [1.807, 2.05) is 24.3 Å². The normalized spacial score (nSPS) is 15.0. The van der Waals surface area contributed by atoms with Crippen LogP contribution in [0.25, 0.3) is 0 Å². The van der Waals surface area contributed by atoms with Crippen molar-refractivity contribution < 1.29 is 14.2 Å². The molecule has 1 aliphatic heterocycles. The first-order valence-corrected chi connectivity index (χ1v) is 12.4. The molecule has 4 nitrogen and oxygen atoms in total. The minimum atomic E-state index is -0.281. The van der Waals surface area contributed by atoms with Crippen LogP contribution in [0.4, 0.5) is 0 Å². The molecule has 0 bridgehead atoms. The first-order valence-electron chi connectivity index (χ1n) is 11.1. The van der Waals surface area contributed by atoms with Crippen LogP contribution in [0.2, 0.25) is 10.0 Å². The van der Waals surface area contributed by atoms with Crippen molar-refractivity contribution in [2.24, 2.45) is 0 Å². The van der Waals surface area contributed by atoms with Gasteiger partial charge in [-0.3, -0.25) is 4.90 Å². The van der Waals surface area contributed by atoms with E-state index in [1.54, 1.807) is 0 Å². The number of hydrogen-bond donors (Lipinski definition) is 0. The van der Waals surface area contributed by atoms with Gasteiger partial charge in [0.25, 0.3) is 0 Å². The van der Waals surface area contributed by atoms with Gasteiger partial charge in [-0.2, -0.15) is 0 Å². The highest BCUT2D eigenvalue weighted by atomic mass is 35.5. The number of hydrogen-bond acceptors (Lipinski definition) is 4. The van der Waals surface area contributed by atoms with Gasteiger partial charge in [0.1, 0.15) is 5.75 Å². The third kappa shape index (κ3) is 6.91. The van der Waals surface area contributed by atoms with Crippen LogP contribution in [0.5, 0.6) is 11.5 Å². The van der Waals surface area contributed by atoms with E-state index >= 15 is 0 Å². The summed E-state index contributed by atoms with van der Waals surface area (Å²) in [5.41, 5.74) is 1.90. The fraction of sp³-hybridized carbons (Fsp3) is 0.520. The van der Waals surface area contributed by atoms with Gasteiger partial charge in [-0.05, 0) is 48.2 Å². The summed E-state index contributed by atoms with van der Waals surface area (Å²) in [6, 6.07) is 12.1. The topological polar surface area (TPSA) is 30.9 Å². The molecule has 1 fully saturated rings. The predicted molar refractivity (Wildman–Crippen MR) is 133 cm³/mol. The smallest absolute Gasteiger partial charge is 0.156 e. The minimum absolute atomic E-state index is 0.281. The van der Waals surface area contributed by atoms with Crippen molar-refractivity contribution in [3.05, 3.63) is 57.6 Å². The van der Waals surface area contributed by atoms with E-state index in [2.05, 4.69) is 30.9 Å². The van der Waals surface area contributed by atoms with E-state index in [-0.39, 0.29) is 5.41 Å². The molecule has 0 unspecified atom stereocenters. The molecule has 0 aliphatic carbocycles. The van der Waals surface area contributed by atoms with Crippen molar-refractivity contribution in [3.8, 4) is 11.5 Å². The fourth-order valence-corrected chi connectivity index (χ4v) is 4.43. The van der Waals surface area contributed by atoms with E-state index in [0.717, 1.165) is 62.6 Å². The summed E-state index contributed by atoms with van der Waals surface area (Å²) in [6.07, 6.45) is 1.74. The Balaban J connectivity index is 1.59. The molecule has 7 heteroatoms. The highest BCUT2D eigenvalue weighted by Gasteiger charge is 2.25. The van der Waals surface area contributed by atoms with Crippen molar-refractivity contribution >= 4 is 34.8 Å². The molecule has 1 aliphatic rings. The molecule has 0 spiro atoms. The third-order valence-corrected chi connectivity index (χ3v) is 6.64. The maximum atomic E-state index is 6.49. The SMILES string of the molecule is CC(C)(c1ccc(OCCCN2CCOCC2)cc1)c1cc(Cl)c(OCCCCl)c(Cl)c1. The number of halogens is 3. The number of benzene rings is 2. The monoisotopic (exact) mass is 499 g/mol. The molecule has 2 aromatic carbocycles. The van der Waals surface area contributed by atoms with E-state index in [9.17, 15) is 0 Å². The van der Waals surface area contributed by atoms with Crippen LogP contribution in [-0.4, -0.2) is 56.8 Å². The molecule has 0 radical (unpaired) electrons. The molecule has 0 N–H and O–H groups in total. The molecule has 2 aromatic rings. The van der Waals surface area contributed by atoms with Gasteiger partial charge in [-0.1, -0.05) is 49.2 Å². The number of nitrogens with zero attached hydrogens (tertiary/aromatic N) is 1. The molecule has 3 rings (SSSR count). The number of ether oxygens (including phenoxy) is 3. The molecule has 0 saturated carbocycles. The van der Waals surface area contributed by atoms with Gasteiger partial charge in [0, 0.05) is 30.9 Å². The lowest BCUT2D eigenvalue weighted by atomic mass is 9.78. The van der Waals surface area contributed by atoms with Crippen LogP contribution in [0.15, 0.2) is 36.4 Å². The van der Waals surface area contributed by atoms with Gasteiger partial charge in [0.05, 0.1) is 36.5 Å². The first-order chi connectivity index (χ1) is 15.4. The maximum Gasteiger partial charge on any atom is 0.156 e. The molecule has 0 aromatic heterocycles. The lowest BCUT2D eigenvalue weighted by Gasteiger charge is -2.27. The van der Waals surface area contributed by atoms with Crippen molar-refractivity contribution in [1.82, 2.24) is 4.90 Å². The molecule has 0 atom stereocenters. The van der Waals surface area contributed by atoms with Crippen LogP contribution in [0.3, 0.4) is 0 Å². The first kappa shape index (κ1) is 25.5. The Morgan fingerprint density at radius 1 is 0.906 bits per heavy atom. The highest BCUT2D eigenvalue weighted by Crippen LogP contribution is 2.40. The van der Waals surface area contributed by atoms with Crippen LogP contribution < -0.4 is 9.47 Å². The van der Waals surface area contributed by atoms with Gasteiger partial charge < -0.3 is 14.2 Å². The second kappa shape index (κ2) is 12.3. The minimum Gasteiger partial charge on any atom is -0.494 e. The van der Waals surface area contributed by atoms with Crippen LogP contribution in [0, 0.1) is 0 Å². The average molecular weight is 501 g/mol. The van der Waals surface area contributed by atoms with Crippen molar-refractivity contribution in [1.29, 1.82) is 0 Å². The van der Waals surface area contributed by atoms with Crippen molar-refractivity contribution in [2.45, 2.75) is 32.1 Å². The zero-order valence-electron chi connectivity index (χ0n) is 18.8. The summed E-state index contributed by atoms with van der Waals surface area (Å²) in [5, 5.41) is 1.02. The summed E-state index contributed by atoms with van der Waals surface area (Å²) >= 11 is 18.7. The van der Waals surface area contributed by atoms with Gasteiger partial charge in [-0.15, -0.1) is 11.6 Å². The lowest BCUT2D eigenvalue weighted by Crippen LogP contribution is -2.37. The quantitative estimate of drug-likeness (QED) is 0.263. The zero-order chi connectivity index (χ0) is 23.0. The Morgan fingerprint density at radius 3 is 2.16 bits per heavy atom. The molecular formula is C25H32Cl3NO3. The molecule has 1 heterocycles. The van der Waals surface area contributed by atoms with E-state index in [0.29, 0.717) is 34.9 Å². The Kier molecular flexibility index (Phi) is 9.81. The summed E-state index contributed by atoms with van der Waals surface area (Å²) in [7, 11) is 0. The number of rotatable bonds is 11. The van der Waals surface area contributed by atoms with Crippen molar-refractivity contribution in [3.63, 3.8) is 0 Å². The van der Waals surface area contributed by atoms with Gasteiger partial charge in [0.2, 0.25) is 0 Å². The zero-order valence-corrected chi connectivity index (χ0v) is 21.1. The predicted octanol–water partition coefficient (Wildman–Crippen LogP) is 6.43. The Hall–Kier alpha value is -1.17. The van der Waals surface area contributed by atoms with E-state index < -0.39 is 0 Å². The summed E-state index contributed by atoms with van der Waals surface area (Å²) in [5.74, 6) is 1.93. The lowest BCUT2D eigenvalue weighted by molar-refractivity contribution is 0.0358. The maximum absolute atomic E-state index is 6.49. The van der Waals surface area contributed by atoms with Crippen LogP contribution in [-0.2, 0) is 10.2 Å². The third-order valence-electron chi connectivity index (χ3n) is 5.81. The molecule has 176 valence electrons. The van der Waals surface area contributed by atoms with Crippen LogP contribution in [0.1, 0.15) is 37.8 Å². The van der Waals surface area contributed by atoms with Crippen LogP contribution >= 0.6 is 34.8 Å². The largest absolute Gasteiger partial charge is 0.494 e. The molecule has 0 amide bonds. The number of morpholine rings is 1. The number of alkyl halides is 1. The van der Waals surface area contributed by atoms with Gasteiger partial charge in [0.15, 0.2) is 5.75 Å². The molecule has 32 heavy (non-hydrogen) atoms. The highest BCUT2D eigenvalue weighted by molar-refractivity contribution is 6.37. The van der Waals surface area contributed by atoms with E-state index in [1.165, 1.54) is 0 Å². The summed E-state index contributed by atoms with van der Waals surface area (Å²) < 4.78 is 17.0. The fourth-order valence-electron chi connectivity index (χ4n) is 3.72. The second-order valence-electron chi connectivity index (χ2n) is 8.47. The Labute approximate surface area is 206 Å². The second-order valence-corrected chi connectivity index (χ2v) is 9.66. The van der Waals surface area contributed by atoms with E-state index in [4.69, 9.17) is 49.0 Å². The summed E-state index contributed by atoms with van der Waals surface area (Å²) in [6.45, 7) is 10.2. The average Bonchev–Trinajstić information content (AvgIpc) is 2.79. The standard InChI is InChI=1S/C25H32Cl3NO3/c1-25(2,20-17-22(27)24(23(28)18-20)32-13-3-9-26)19-5-7-21(8-6-19)31-14-4-10-29-11-15-30-16-12-29/h5-8,17-18H,3-4,9-16H2,1-2H3. The summed E-state index contributed by atoms with van der Waals surface area (Å²) in [4.78, 5) is 2.42. The van der Waals surface area contributed by atoms with Gasteiger partial charge >= 0.3 is 0 Å². The molecular weight excluding hydrogens is 469 g/mol. The Bertz CT molecular complexity index is 829. The van der Waals surface area contributed by atoms with Gasteiger partial charge in [-0.25, -0.2) is 0 Å².